The van der Waals surface area contributed by atoms with Crippen molar-refractivity contribution in [2.45, 2.75) is 45.3 Å². The summed E-state index contributed by atoms with van der Waals surface area (Å²) in [6.45, 7) is 4.67. The van der Waals surface area contributed by atoms with Gasteiger partial charge in [0, 0.05) is 37.6 Å². The predicted octanol–water partition coefficient (Wildman–Crippen LogP) is 3.19. The van der Waals surface area contributed by atoms with Gasteiger partial charge in [-0.15, -0.1) is 0 Å². The molecular formula is C21H24ClN3O4. The second-order valence-corrected chi connectivity index (χ2v) is 7.81. The van der Waals surface area contributed by atoms with Crippen LogP contribution in [-0.4, -0.2) is 55.4 Å². The summed E-state index contributed by atoms with van der Waals surface area (Å²) < 4.78 is 0. The average molecular weight is 418 g/mol. The quantitative estimate of drug-likeness (QED) is 0.779. The topological polar surface area (TPSA) is 94.0 Å². The van der Waals surface area contributed by atoms with Gasteiger partial charge in [0.25, 0.3) is 5.91 Å². The van der Waals surface area contributed by atoms with Crippen molar-refractivity contribution in [3.63, 3.8) is 0 Å². The minimum atomic E-state index is -0.617. The number of hydrogen-bond acceptors (Lipinski definition) is 5. The number of phenolic OH excluding ortho intramolecular Hbond substituents is 2. The second kappa shape index (κ2) is 8.69. The van der Waals surface area contributed by atoms with Gasteiger partial charge in [-0.1, -0.05) is 17.7 Å². The van der Waals surface area contributed by atoms with Gasteiger partial charge in [-0.2, -0.15) is 0 Å². The molecular weight excluding hydrogens is 394 g/mol. The highest BCUT2D eigenvalue weighted by atomic mass is 35.5. The van der Waals surface area contributed by atoms with Crippen molar-refractivity contribution in [2.75, 3.05) is 6.54 Å². The Morgan fingerprint density at radius 1 is 1.31 bits per heavy atom. The van der Waals surface area contributed by atoms with Gasteiger partial charge in [0.1, 0.15) is 17.5 Å². The van der Waals surface area contributed by atoms with E-state index >= 15 is 0 Å². The molecule has 2 aromatic rings. The molecule has 0 unspecified atom stereocenters. The number of phenols is 2. The number of aromatic hydroxyl groups is 2. The zero-order valence-corrected chi connectivity index (χ0v) is 17.1. The SMILES string of the molecule is CC(C)N(Cc1cccnc1)C(=O)[C@@H]1CCCN1C(=O)c1cc(Cl)c(O)cc1O. The summed E-state index contributed by atoms with van der Waals surface area (Å²) in [7, 11) is 0. The third-order valence-corrected chi connectivity index (χ3v) is 5.38. The van der Waals surface area contributed by atoms with E-state index in [-0.39, 0.29) is 34.0 Å². The van der Waals surface area contributed by atoms with Crippen molar-refractivity contribution < 1.29 is 19.8 Å². The lowest BCUT2D eigenvalue weighted by atomic mass is 10.1. The number of benzene rings is 1. The third-order valence-electron chi connectivity index (χ3n) is 5.08. The van der Waals surface area contributed by atoms with Gasteiger partial charge in [-0.3, -0.25) is 14.6 Å². The average Bonchev–Trinajstić information content (AvgIpc) is 3.18. The second-order valence-electron chi connectivity index (χ2n) is 7.40. The Labute approximate surface area is 174 Å². The smallest absolute Gasteiger partial charge is 0.258 e. The molecule has 0 bridgehead atoms. The molecule has 1 fully saturated rings. The molecule has 0 radical (unpaired) electrons. The predicted molar refractivity (Wildman–Crippen MR) is 109 cm³/mol. The number of likely N-dealkylation sites (tertiary alicyclic amines) is 1. The van der Waals surface area contributed by atoms with Crippen molar-refractivity contribution in [3.05, 3.63) is 52.8 Å². The highest BCUT2D eigenvalue weighted by molar-refractivity contribution is 6.32. The van der Waals surface area contributed by atoms with Gasteiger partial charge < -0.3 is 20.0 Å². The summed E-state index contributed by atoms with van der Waals surface area (Å²) in [4.78, 5) is 33.7. The van der Waals surface area contributed by atoms with Gasteiger partial charge in [0.05, 0.1) is 10.6 Å². The molecule has 1 aromatic heterocycles. The zero-order valence-electron chi connectivity index (χ0n) is 16.4. The van der Waals surface area contributed by atoms with E-state index in [1.807, 2.05) is 26.0 Å². The van der Waals surface area contributed by atoms with Crippen LogP contribution in [0.2, 0.25) is 5.02 Å². The Morgan fingerprint density at radius 3 is 2.72 bits per heavy atom. The van der Waals surface area contributed by atoms with Crippen molar-refractivity contribution >= 4 is 23.4 Å². The summed E-state index contributed by atoms with van der Waals surface area (Å²) in [5, 5.41) is 19.7. The van der Waals surface area contributed by atoms with Crippen LogP contribution in [0.4, 0.5) is 0 Å². The van der Waals surface area contributed by atoms with E-state index in [1.54, 1.807) is 17.3 Å². The Kier molecular flexibility index (Phi) is 6.27. The molecule has 1 atom stereocenters. The number of pyridine rings is 1. The highest BCUT2D eigenvalue weighted by Gasteiger charge is 2.38. The van der Waals surface area contributed by atoms with Crippen molar-refractivity contribution in [2.24, 2.45) is 0 Å². The molecule has 2 amide bonds. The van der Waals surface area contributed by atoms with Gasteiger partial charge >= 0.3 is 0 Å². The molecule has 1 aromatic carbocycles. The summed E-state index contributed by atoms with van der Waals surface area (Å²) in [5.74, 6) is -1.30. The largest absolute Gasteiger partial charge is 0.507 e. The van der Waals surface area contributed by atoms with Crippen LogP contribution in [0.15, 0.2) is 36.7 Å². The number of hydrogen-bond donors (Lipinski definition) is 2. The van der Waals surface area contributed by atoms with Crippen LogP contribution in [0, 0.1) is 0 Å². The molecule has 1 aliphatic rings. The van der Waals surface area contributed by atoms with E-state index in [0.717, 1.165) is 11.6 Å². The lowest BCUT2D eigenvalue weighted by Gasteiger charge is -2.33. The number of carbonyl (C=O) groups is 2. The standard InChI is InChI=1S/C21H24ClN3O4/c1-13(2)25(12-14-5-3-7-23-11-14)21(29)17-6-4-8-24(17)20(28)15-9-16(22)19(27)10-18(15)26/h3,5,7,9-11,13,17,26-27H,4,6,8,12H2,1-2H3/t17-/m0/s1. The zero-order chi connectivity index (χ0) is 21.1. The van der Waals surface area contributed by atoms with E-state index in [1.165, 1.54) is 11.0 Å². The van der Waals surface area contributed by atoms with Crippen molar-refractivity contribution in [3.8, 4) is 11.5 Å². The summed E-state index contributed by atoms with van der Waals surface area (Å²) in [5.41, 5.74) is 0.879. The number of aromatic nitrogens is 1. The first-order valence-electron chi connectivity index (χ1n) is 9.51. The first-order valence-corrected chi connectivity index (χ1v) is 9.89. The van der Waals surface area contributed by atoms with Gasteiger partial charge in [-0.05, 0) is 44.4 Å². The molecule has 3 rings (SSSR count). The number of nitrogens with zero attached hydrogens (tertiary/aromatic N) is 3. The molecule has 154 valence electrons. The summed E-state index contributed by atoms with van der Waals surface area (Å²) in [6.07, 6.45) is 4.63. The maximum Gasteiger partial charge on any atom is 0.258 e. The third kappa shape index (κ3) is 4.45. The molecule has 1 saturated heterocycles. The number of halogens is 1. The molecule has 7 nitrogen and oxygen atoms in total. The van der Waals surface area contributed by atoms with Crippen LogP contribution >= 0.6 is 11.6 Å². The summed E-state index contributed by atoms with van der Waals surface area (Å²) >= 11 is 5.90. The van der Waals surface area contributed by atoms with E-state index < -0.39 is 11.9 Å². The van der Waals surface area contributed by atoms with Crippen LogP contribution in [0.25, 0.3) is 0 Å². The minimum Gasteiger partial charge on any atom is -0.507 e. The van der Waals surface area contributed by atoms with Crippen LogP contribution < -0.4 is 0 Å². The van der Waals surface area contributed by atoms with E-state index in [9.17, 15) is 19.8 Å². The Bertz CT molecular complexity index is 904. The minimum absolute atomic E-state index is 0.0316. The van der Waals surface area contributed by atoms with Gasteiger partial charge in [-0.25, -0.2) is 0 Å². The lowest BCUT2D eigenvalue weighted by molar-refractivity contribution is -0.137. The fraction of sp³-hybridized carbons (Fsp3) is 0.381. The van der Waals surface area contributed by atoms with Crippen LogP contribution in [-0.2, 0) is 11.3 Å². The maximum absolute atomic E-state index is 13.3. The number of carbonyl (C=O) groups excluding carboxylic acids is 2. The van der Waals surface area contributed by atoms with E-state index in [0.29, 0.717) is 25.9 Å². The molecule has 0 spiro atoms. The normalized spacial score (nSPS) is 16.3. The fourth-order valence-electron chi connectivity index (χ4n) is 3.54. The Morgan fingerprint density at radius 2 is 2.07 bits per heavy atom. The molecule has 29 heavy (non-hydrogen) atoms. The van der Waals surface area contributed by atoms with Crippen LogP contribution in [0.3, 0.4) is 0 Å². The highest BCUT2D eigenvalue weighted by Crippen LogP contribution is 2.33. The van der Waals surface area contributed by atoms with Crippen LogP contribution in [0.5, 0.6) is 11.5 Å². The first-order chi connectivity index (χ1) is 13.8. The van der Waals surface area contributed by atoms with Crippen molar-refractivity contribution in [1.82, 2.24) is 14.8 Å². The monoisotopic (exact) mass is 417 g/mol. The Hall–Kier alpha value is -2.80. The number of rotatable bonds is 5. The molecule has 2 heterocycles. The first kappa shape index (κ1) is 20.9. The molecule has 2 N–H and O–H groups in total. The van der Waals surface area contributed by atoms with Gasteiger partial charge in [0.15, 0.2) is 0 Å². The molecule has 8 heteroatoms. The van der Waals surface area contributed by atoms with Crippen molar-refractivity contribution in [1.29, 1.82) is 0 Å². The van der Waals surface area contributed by atoms with Crippen LogP contribution in [0.1, 0.15) is 42.6 Å². The summed E-state index contributed by atoms with van der Waals surface area (Å²) in [6, 6.07) is 5.31. The molecule has 0 aliphatic carbocycles. The van der Waals surface area contributed by atoms with E-state index in [4.69, 9.17) is 11.6 Å². The fourth-order valence-corrected chi connectivity index (χ4v) is 3.70. The number of amides is 2. The molecule has 1 aliphatic heterocycles. The van der Waals surface area contributed by atoms with E-state index in [2.05, 4.69) is 4.98 Å². The Balaban J connectivity index is 1.84. The lowest BCUT2D eigenvalue weighted by Crippen LogP contribution is -2.49. The van der Waals surface area contributed by atoms with Gasteiger partial charge in [0.2, 0.25) is 5.91 Å². The maximum atomic E-state index is 13.3. The molecule has 0 saturated carbocycles.